The van der Waals surface area contributed by atoms with Crippen LogP contribution in [0.2, 0.25) is 0 Å². The molecular formula is C22H19NO5S. The highest BCUT2D eigenvalue weighted by molar-refractivity contribution is 7.13. The molecule has 1 heterocycles. The van der Waals surface area contributed by atoms with E-state index in [2.05, 4.69) is 9.72 Å². The summed E-state index contributed by atoms with van der Waals surface area (Å²) in [6.45, 7) is 0.0795. The maximum absolute atomic E-state index is 12.0. The van der Waals surface area contributed by atoms with Crippen molar-refractivity contribution in [2.75, 3.05) is 14.2 Å². The van der Waals surface area contributed by atoms with Crippen LogP contribution in [0.5, 0.6) is 5.75 Å². The summed E-state index contributed by atoms with van der Waals surface area (Å²) < 4.78 is 15.3. The number of methoxy groups -OCH3 is 2. The first-order chi connectivity index (χ1) is 14.1. The molecule has 0 saturated heterocycles. The van der Waals surface area contributed by atoms with Crippen LogP contribution in [0.4, 0.5) is 0 Å². The summed E-state index contributed by atoms with van der Waals surface area (Å²) in [5.41, 5.74) is 2.77. The molecule has 0 spiro atoms. The van der Waals surface area contributed by atoms with Crippen molar-refractivity contribution >= 4 is 29.4 Å². The fraction of sp³-hybridized carbons (Fsp3) is 0.136. The molecule has 0 saturated carbocycles. The number of hydrogen-bond donors (Lipinski definition) is 0. The van der Waals surface area contributed by atoms with Gasteiger partial charge in [0, 0.05) is 11.5 Å². The van der Waals surface area contributed by atoms with Crippen LogP contribution in [0.1, 0.15) is 21.6 Å². The van der Waals surface area contributed by atoms with E-state index in [9.17, 15) is 9.59 Å². The summed E-state index contributed by atoms with van der Waals surface area (Å²) in [6.07, 6.45) is 2.95. The Morgan fingerprint density at radius 2 is 1.83 bits per heavy atom. The molecule has 0 unspecified atom stereocenters. The van der Waals surface area contributed by atoms with Crippen molar-refractivity contribution in [3.05, 3.63) is 76.8 Å². The summed E-state index contributed by atoms with van der Waals surface area (Å²) in [7, 11) is 2.94. The highest BCUT2D eigenvalue weighted by Crippen LogP contribution is 2.31. The molecule has 3 rings (SSSR count). The van der Waals surface area contributed by atoms with Gasteiger partial charge >= 0.3 is 11.9 Å². The van der Waals surface area contributed by atoms with E-state index in [1.807, 2.05) is 29.6 Å². The minimum absolute atomic E-state index is 0.0795. The Morgan fingerprint density at radius 3 is 2.55 bits per heavy atom. The maximum Gasteiger partial charge on any atom is 0.337 e. The van der Waals surface area contributed by atoms with E-state index in [1.54, 1.807) is 37.5 Å². The van der Waals surface area contributed by atoms with Gasteiger partial charge in [0.1, 0.15) is 17.4 Å². The standard InChI is InChI=1S/C22H19NO5S/c1-26-19-6-4-3-5-18(19)21-23-17(14-29-21)13-28-20(24)12-9-15-7-10-16(11-8-15)22(25)27-2/h3-12,14H,13H2,1-2H3/b12-9+. The second-order valence-electron chi connectivity index (χ2n) is 5.90. The van der Waals surface area contributed by atoms with Gasteiger partial charge in [0.25, 0.3) is 0 Å². The predicted molar refractivity (Wildman–Crippen MR) is 111 cm³/mol. The van der Waals surface area contributed by atoms with Crippen molar-refractivity contribution in [2.45, 2.75) is 6.61 Å². The molecule has 0 amide bonds. The fourth-order valence-corrected chi connectivity index (χ4v) is 3.36. The van der Waals surface area contributed by atoms with E-state index < -0.39 is 11.9 Å². The first-order valence-electron chi connectivity index (χ1n) is 8.71. The quantitative estimate of drug-likeness (QED) is 0.426. The number of nitrogens with zero attached hydrogens (tertiary/aromatic N) is 1. The van der Waals surface area contributed by atoms with Crippen molar-refractivity contribution in [1.82, 2.24) is 4.98 Å². The zero-order valence-corrected chi connectivity index (χ0v) is 16.8. The molecule has 0 N–H and O–H groups in total. The predicted octanol–water partition coefficient (Wildman–Crippen LogP) is 4.36. The number of para-hydroxylation sites is 1. The highest BCUT2D eigenvalue weighted by Gasteiger charge is 2.10. The van der Waals surface area contributed by atoms with Gasteiger partial charge in [-0.1, -0.05) is 24.3 Å². The smallest absolute Gasteiger partial charge is 0.337 e. The molecule has 6 nitrogen and oxygen atoms in total. The molecule has 3 aromatic rings. The second kappa shape index (κ2) is 9.66. The molecule has 148 valence electrons. The third-order valence-corrected chi connectivity index (χ3v) is 4.92. The number of esters is 2. The van der Waals surface area contributed by atoms with Crippen LogP contribution in [0.25, 0.3) is 16.6 Å². The van der Waals surface area contributed by atoms with Crippen molar-refractivity contribution in [3.63, 3.8) is 0 Å². The molecule has 1 aromatic heterocycles. The van der Waals surface area contributed by atoms with E-state index in [-0.39, 0.29) is 6.61 Å². The first kappa shape index (κ1) is 20.3. The third-order valence-electron chi connectivity index (χ3n) is 4.00. The van der Waals surface area contributed by atoms with Gasteiger partial charge in [-0.3, -0.25) is 0 Å². The third kappa shape index (κ3) is 5.30. The van der Waals surface area contributed by atoms with Crippen LogP contribution < -0.4 is 4.74 Å². The molecule has 0 radical (unpaired) electrons. The number of hydrogen-bond acceptors (Lipinski definition) is 7. The lowest BCUT2D eigenvalue weighted by molar-refractivity contribution is -0.139. The average Bonchev–Trinajstić information content (AvgIpc) is 3.25. The zero-order valence-electron chi connectivity index (χ0n) is 16.0. The molecule has 0 atom stereocenters. The van der Waals surface area contributed by atoms with Gasteiger partial charge < -0.3 is 14.2 Å². The lowest BCUT2D eigenvalue weighted by Crippen LogP contribution is -2.01. The van der Waals surface area contributed by atoms with E-state index >= 15 is 0 Å². The minimum Gasteiger partial charge on any atom is -0.496 e. The van der Waals surface area contributed by atoms with Crippen LogP contribution in [0, 0.1) is 0 Å². The van der Waals surface area contributed by atoms with E-state index in [0.29, 0.717) is 11.3 Å². The number of benzene rings is 2. The number of aromatic nitrogens is 1. The number of rotatable bonds is 7. The van der Waals surface area contributed by atoms with Crippen molar-refractivity contribution in [1.29, 1.82) is 0 Å². The Kier molecular flexibility index (Phi) is 6.76. The molecule has 0 aliphatic heterocycles. The Balaban J connectivity index is 1.56. The van der Waals surface area contributed by atoms with Crippen molar-refractivity contribution in [2.24, 2.45) is 0 Å². The van der Waals surface area contributed by atoms with Gasteiger partial charge in [0.2, 0.25) is 0 Å². The van der Waals surface area contributed by atoms with Gasteiger partial charge in [0.15, 0.2) is 0 Å². The van der Waals surface area contributed by atoms with Gasteiger partial charge in [-0.2, -0.15) is 0 Å². The summed E-state index contributed by atoms with van der Waals surface area (Å²) >= 11 is 1.46. The van der Waals surface area contributed by atoms with Gasteiger partial charge in [-0.05, 0) is 35.9 Å². The molecule has 29 heavy (non-hydrogen) atoms. The Hall–Kier alpha value is -3.45. The Bertz CT molecular complexity index is 1020. The molecule has 0 fully saturated rings. The number of ether oxygens (including phenoxy) is 3. The average molecular weight is 409 g/mol. The van der Waals surface area contributed by atoms with E-state index in [1.165, 1.54) is 24.5 Å². The van der Waals surface area contributed by atoms with E-state index in [4.69, 9.17) is 9.47 Å². The highest BCUT2D eigenvalue weighted by atomic mass is 32.1. The van der Waals surface area contributed by atoms with Crippen LogP contribution in [-0.2, 0) is 20.9 Å². The molecule has 0 aliphatic carbocycles. The molecular weight excluding hydrogens is 390 g/mol. The minimum atomic E-state index is -0.478. The molecule has 0 aliphatic rings. The fourth-order valence-electron chi connectivity index (χ4n) is 2.52. The van der Waals surface area contributed by atoms with Gasteiger partial charge in [-0.25, -0.2) is 14.6 Å². The normalized spacial score (nSPS) is 10.7. The topological polar surface area (TPSA) is 74.7 Å². The zero-order chi connectivity index (χ0) is 20.6. The van der Waals surface area contributed by atoms with Gasteiger partial charge in [0.05, 0.1) is 31.0 Å². The van der Waals surface area contributed by atoms with Crippen LogP contribution in [0.3, 0.4) is 0 Å². The monoisotopic (exact) mass is 409 g/mol. The Labute approximate surface area is 172 Å². The second-order valence-corrected chi connectivity index (χ2v) is 6.76. The lowest BCUT2D eigenvalue weighted by atomic mass is 10.1. The maximum atomic E-state index is 12.0. The van der Waals surface area contributed by atoms with Crippen molar-refractivity contribution in [3.8, 4) is 16.3 Å². The lowest BCUT2D eigenvalue weighted by Gasteiger charge is -2.04. The molecule has 0 bridgehead atoms. The van der Waals surface area contributed by atoms with Crippen molar-refractivity contribution < 1.29 is 23.8 Å². The SMILES string of the molecule is COC(=O)c1ccc(/C=C/C(=O)OCc2csc(-c3ccccc3OC)n2)cc1. The molecule has 7 heteroatoms. The Morgan fingerprint density at radius 1 is 1.07 bits per heavy atom. The largest absolute Gasteiger partial charge is 0.496 e. The first-order valence-corrected chi connectivity index (χ1v) is 9.59. The van der Waals surface area contributed by atoms with Gasteiger partial charge in [-0.15, -0.1) is 11.3 Å². The summed E-state index contributed by atoms with van der Waals surface area (Å²) in [6, 6.07) is 14.3. The van der Waals surface area contributed by atoms with E-state index in [0.717, 1.165) is 21.9 Å². The van der Waals surface area contributed by atoms with Crippen LogP contribution in [0.15, 0.2) is 60.0 Å². The summed E-state index contributed by atoms with van der Waals surface area (Å²) in [5.74, 6) is -0.142. The summed E-state index contributed by atoms with van der Waals surface area (Å²) in [4.78, 5) is 27.9. The van der Waals surface area contributed by atoms with Crippen LogP contribution >= 0.6 is 11.3 Å². The number of carbonyl (C=O) groups is 2. The number of thiazole rings is 1. The number of carbonyl (C=O) groups excluding carboxylic acids is 2. The molecule has 2 aromatic carbocycles. The summed E-state index contributed by atoms with van der Waals surface area (Å²) in [5, 5.41) is 2.65. The van der Waals surface area contributed by atoms with Crippen LogP contribution in [-0.4, -0.2) is 31.1 Å².